The van der Waals surface area contributed by atoms with Crippen molar-refractivity contribution in [1.82, 2.24) is 24.9 Å². The highest BCUT2D eigenvalue weighted by Crippen LogP contribution is 2.33. The van der Waals surface area contributed by atoms with Crippen LogP contribution >= 0.6 is 0 Å². The molecule has 1 N–H and O–H groups in total. The van der Waals surface area contributed by atoms with Crippen LogP contribution in [-0.4, -0.2) is 56.1 Å². The number of aryl methyl sites for hydroxylation is 1. The van der Waals surface area contributed by atoms with Crippen LogP contribution in [0.4, 0.5) is 10.2 Å². The summed E-state index contributed by atoms with van der Waals surface area (Å²) >= 11 is 0. The van der Waals surface area contributed by atoms with Gasteiger partial charge in [-0.15, -0.1) is 5.10 Å². The van der Waals surface area contributed by atoms with Crippen molar-refractivity contribution in [2.45, 2.75) is 39.3 Å². The number of hydrogen-bond donors (Lipinski definition) is 1. The van der Waals surface area contributed by atoms with Gasteiger partial charge < -0.3 is 10.2 Å². The van der Waals surface area contributed by atoms with E-state index < -0.39 is 11.1 Å². The fourth-order valence-electron chi connectivity index (χ4n) is 4.15. The Kier molecular flexibility index (Phi) is 5.51. The predicted molar refractivity (Wildman–Crippen MR) is 119 cm³/mol. The molecule has 8 heteroatoms. The third kappa shape index (κ3) is 4.74. The van der Waals surface area contributed by atoms with Crippen molar-refractivity contribution >= 4 is 22.5 Å². The molecule has 0 aliphatic carbocycles. The summed E-state index contributed by atoms with van der Waals surface area (Å²) in [5.41, 5.74) is 0.198. The molecule has 164 valence electrons. The van der Waals surface area contributed by atoms with E-state index in [1.807, 2.05) is 38.2 Å². The number of hydrogen-bond acceptors (Lipinski definition) is 5. The molecule has 0 unspecified atom stereocenters. The van der Waals surface area contributed by atoms with Crippen molar-refractivity contribution in [3.8, 4) is 11.3 Å². The lowest BCUT2D eigenvalue weighted by Gasteiger charge is -2.39. The number of likely N-dealkylation sites (tertiary alicyclic amines) is 1. The van der Waals surface area contributed by atoms with Gasteiger partial charge in [-0.3, -0.25) is 4.79 Å². The Labute approximate surface area is 181 Å². The fourth-order valence-corrected chi connectivity index (χ4v) is 4.15. The van der Waals surface area contributed by atoms with E-state index in [9.17, 15) is 9.18 Å². The molecule has 1 aromatic carbocycles. The van der Waals surface area contributed by atoms with Crippen LogP contribution < -0.4 is 5.32 Å². The number of fused-ring (bicyclic) bond motifs is 1. The zero-order valence-electron chi connectivity index (χ0n) is 18.5. The second-order valence-corrected chi connectivity index (χ2v) is 9.38. The van der Waals surface area contributed by atoms with Gasteiger partial charge in [0.1, 0.15) is 11.5 Å². The number of anilines is 1. The maximum Gasteiger partial charge on any atom is 0.231 e. The first kappa shape index (κ1) is 21.4. The number of carbonyl (C=O) groups excluding carboxylic acids is 1. The molecule has 1 aliphatic heterocycles. The topological polar surface area (TPSA) is 75.9 Å². The average molecular weight is 425 g/mol. The standard InChI is InChI=1S/C23H29FN6O/c1-22(2,24)15-30-9-7-23(3,8-10-30)21(31)27-20-12-18-11-16(5-6-17(18)13-25-20)19-14-26-28-29(19)4/h5-6,11-14H,7-10,15H2,1-4H3,(H,25,27,31). The number of carbonyl (C=O) groups is 1. The first-order chi connectivity index (χ1) is 14.6. The monoisotopic (exact) mass is 424 g/mol. The molecule has 0 atom stereocenters. The zero-order chi connectivity index (χ0) is 22.2. The summed E-state index contributed by atoms with van der Waals surface area (Å²) in [5.74, 6) is 0.497. The van der Waals surface area contributed by atoms with E-state index in [-0.39, 0.29) is 5.91 Å². The Bertz CT molecular complexity index is 1090. The van der Waals surface area contributed by atoms with Crippen molar-refractivity contribution in [2.75, 3.05) is 25.0 Å². The molecule has 0 radical (unpaired) electrons. The van der Waals surface area contributed by atoms with Crippen LogP contribution in [0, 0.1) is 5.41 Å². The van der Waals surface area contributed by atoms with E-state index in [4.69, 9.17) is 0 Å². The van der Waals surface area contributed by atoms with E-state index in [0.717, 1.165) is 22.0 Å². The molecule has 7 nitrogen and oxygen atoms in total. The van der Waals surface area contributed by atoms with E-state index in [1.165, 1.54) is 0 Å². The van der Waals surface area contributed by atoms with E-state index in [2.05, 4.69) is 25.5 Å². The van der Waals surface area contributed by atoms with Crippen molar-refractivity contribution in [2.24, 2.45) is 12.5 Å². The Hall–Kier alpha value is -2.87. The molecule has 3 aromatic rings. The minimum atomic E-state index is -1.23. The number of halogens is 1. The summed E-state index contributed by atoms with van der Waals surface area (Å²) in [6, 6.07) is 7.95. The normalized spacial score (nSPS) is 17.1. The smallest absolute Gasteiger partial charge is 0.231 e. The van der Waals surface area contributed by atoms with Gasteiger partial charge in [0.2, 0.25) is 5.91 Å². The van der Waals surface area contributed by atoms with Crippen LogP contribution in [0.3, 0.4) is 0 Å². The number of rotatable bonds is 5. The predicted octanol–water partition coefficient (Wildman–Crippen LogP) is 3.82. The molecular formula is C23H29FN6O. The number of pyridine rings is 1. The Balaban J connectivity index is 1.48. The van der Waals surface area contributed by atoms with Crippen molar-refractivity contribution < 1.29 is 9.18 Å². The third-order valence-electron chi connectivity index (χ3n) is 6.08. The van der Waals surface area contributed by atoms with Crippen LogP contribution in [0.5, 0.6) is 0 Å². The highest BCUT2D eigenvalue weighted by atomic mass is 19.1. The summed E-state index contributed by atoms with van der Waals surface area (Å²) in [7, 11) is 1.85. The van der Waals surface area contributed by atoms with Gasteiger partial charge in [0.15, 0.2) is 0 Å². The quantitative estimate of drug-likeness (QED) is 0.674. The van der Waals surface area contributed by atoms with Gasteiger partial charge in [-0.2, -0.15) is 0 Å². The zero-order valence-corrected chi connectivity index (χ0v) is 18.5. The number of benzene rings is 1. The van der Waals surface area contributed by atoms with Crippen LogP contribution in [0.1, 0.15) is 33.6 Å². The number of piperidine rings is 1. The first-order valence-corrected chi connectivity index (χ1v) is 10.6. The van der Waals surface area contributed by atoms with Crippen LogP contribution in [-0.2, 0) is 11.8 Å². The van der Waals surface area contributed by atoms with Gasteiger partial charge >= 0.3 is 0 Å². The van der Waals surface area contributed by atoms with Crippen molar-refractivity contribution in [1.29, 1.82) is 0 Å². The maximum absolute atomic E-state index is 13.9. The second kappa shape index (κ2) is 8.00. The number of aromatic nitrogens is 4. The Morgan fingerprint density at radius 3 is 2.58 bits per heavy atom. The average Bonchev–Trinajstić information content (AvgIpc) is 3.14. The van der Waals surface area contributed by atoms with Crippen LogP contribution in [0.15, 0.2) is 36.7 Å². The van der Waals surface area contributed by atoms with Crippen LogP contribution in [0.2, 0.25) is 0 Å². The van der Waals surface area contributed by atoms with Gasteiger partial charge in [0.25, 0.3) is 0 Å². The minimum Gasteiger partial charge on any atom is -0.310 e. The molecule has 0 bridgehead atoms. The molecule has 1 aliphatic rings. The second-order valence-electron chi connectivity index (χ2n) is 9.38. The first-order valence-electron chi connectivity index (χ1n) is 10.6. The van der Waals surface area contributed by atoms with E-state index in [0.29, 0.717) is 38.3 Å². The molecule has 31 heavy (non-hydrogen) atoms. The lowest BCUT2D eigenvalue weighted by molar-refractivity contribution is -0.127. The summed E-state index contributed by atoms with van der Waals surface area (Å²) in [6.45, 7) is 6.99. The van der Waals surface area contributed by atoms with Crippen molar-refractivity contribution in [3.05, 3.63) is 36.7 Å². The van der Waals surface area contributed by atoms with E-state index in [1.54, 1.807) is 30.9 Å². The van der Waals surface area contributed by atoms with Gasteiger partial charge in [-0.25, -0.2) is 14.1 Å². The number of amides is 1. The maximum atomic E-state index is 13.9. The molecule has 1 fully saturated rings. The van der Waals surface area contributed by atoms with Crippen molar-refractivity contribution in [3.63, 3.8) is 0 Å². The van der Waals surface area contributed by atoms with Gasteiger partial charge in [-0.1, -0.05) is 24.3 Å². The Morgan fingerprint density at radius 2 is 1.94 bits per heavy atom. The van der Waals surface area contributed by atoms with Crippen LogP contribution in [0.25, 0.3) is 22.0 Å². The summed E-state index contributed by atoms with van der Waals surface area (Å²) in [6.07, 6.45) is 4.88. The highest BCUT2D eigenvalue weighted by Gasteiger charge is 2.38. The molecule has 1 saturated heterocycles. The molecule has 3 heterocycles. The molecule has 0 spiro atoms. The van der Waals surface area contributed by atoms with Gasteiger partial charge in [-0.05, 0) is 57.3 Å². The lowest BCUT2D eigenvalue weighted by atomic mass is 9.79. The summed E-state index contributed by atoms with van der Waals surface area (Å²) in [5, 5.41) is 12.9. The number of nitrogens with one attached hydrogen (secondary N) is 1. The van der Waals surface area contributed by atoms with Gasteiger partial charge in [0, 0.05) is 36.2 Å². The molecule has 1 amide bonds. The molecule has 0 saturated carbocycles. The number of nitrogens with zero attached hydrogens (tertiary/aromatic N) is 5. The largest absolute Gasteiger partial charge is 0.310 e. The lowest BCUT2D eigenvalue weighted by Crippen LogP contribution is -2.47. The summed E-state index contributed by atoms with van der Waals surface area (Å²) < 4.78 is 15.7. The molecule has 2 aromatic heterocycles. The molecular weight excluding hydrogens is 395 g/mol. The van der Waals surface area contributed by atoms with Gasteiger partial charge in [0.05, 0.1) is 11.9 Å². The van der Waals surface area contributed by atoms with E-state index >= 15 is 0 Å². The molecule has 4 rings (SSSR count). The fraction of sp³-hybridized carbons (Fsp3) is 0.478. The number of alkyl halides is 1. The Morgan fingerprint density at radius 1 is 1.19 bits per heavy atom. The third-order valence-corrected chi connectivity index (χ3v) is 6.08. The SMILES string of the molecule is Cn1nncc1-c1ccc2cnc(NC(=O)C3(C)CCN(CC(C)(C)F)CC3)cc2c1. The highest BCUT2D eigenvalue weighted by molar-refractivity contribution is 5.96. The summed E-state index contributed by atoms with van der Waals surface area (Å²) in [4.78, 5) is 19.6. The minimum absolute atomic E-state index is 0.0366.